The minimum Gasteiger partial charge on any atom is -0.433 e. The average molecular weight is 355 g/mol. The summed E-state index contributed by atoms with van der Waals surface area (Å²) in [6, 6.07) is 2.02. The van der Waals surface area contributed by atoms with Crippen LogP contribution in [-0.4, -0.2) is 18.6 Å². The first-order chi connectivity index (χ1) is 10.2. The van der Waals surface area contributed by atoms with Crippen molar-refractivity contribution in [2.75, 3.05) is 0 Å². The fraction of sp³-hybridized carbons (Fsp3) is 0.500. The zero-order valence-corrected chi connectivity index (χ0v) is 13.7. The molecule has 0 heterocycles. The van der Waals surface area contributed by atoms with Crippen LogP contribution in [0, 0.1) is 5.92 Å². The maximum Gasteiger partial charge on any atom is 0.387 e. The van der Waals surface area contributed by atoms with Crippen molar-refractivity contribution in [3.63, 3.8) is 0 Å². The lowest BCUT2D eigenvalue weighted by molar-refractivity contribution is -0.122. The highest BCUT2D eigenvalue weighted by atomic mass is 35.5. The standard InChI is InChI=1S/C14H18Cl2F2N2O2/c1-7(2)3-11(19)13(21)20-6-8-4-9(15)5-10(16)12(8)22-14(17)18/h4-5,7,11,14H,3,6,19H2,1-2H3,(H,20,21)/t11-/m0/s1. The molecular formula is C14H18Cl2F2N2O2. The van der Waals surface area contributed by atoms with Crippen LogP contribution in [0.4, 0.5) is 8.78 Å². The van der Waals surface area contributed by atoms with E-state index in [-0.39, 0.29) is 39.7 Å². The van der Waals surface area contributed by atoms with Gasteiger partial charge in [-0.05, 0) is 24.5 Å². The lowest BCUT2D eigenvalue weighted by Gasteiger charge is -2.16. The molecule has 1 atom stereocenters. The Kier molecular flexibility index (Phi) is 7.32. The number of alkyl halides is 2. The Bertz CT molecular complexity index is 528. The molecule has 0 aromatic heterocycles. The highest BCUT2D eigenvalue weighted by Crippen LogP contribution is 2.33. The molecular weight excluding hydrogens is 337 g/mol. The first kappa shape index (κ1) is 18.9. The van der Waals surface area contributed by atoms with Crippen molar-refractivity contribution in [1.29, 1.82) is 0 Å². The number of benzene rings is 1. The van der Waals surface area contributed by atoms with Crippen LogP contribution in [0.25, 0.3) is 0 Å². The van der Waals surface area contributed by atoms with Crippen LogP contribution >= 0.6 is 23.2 Å². The van der Waals surface area contributed by atoms with Gasteiger partial charge in [-0.2, -0.15) is 8.78 Å². The second-order valence-electron chi connectivity index (χ2n) is 5.21. The molecule has 0 aliphatic rings. The highest BCUT2D eigenvalue weighted by molar-refractivity contribution is 6.35. The second kappa shape index (κ2) is 8.50. The summed E-state index contributed by atoms with van der Waals surface area (Å²) in [5.41, 5.74) is 6.00. The monoisotopic (exact) mass is 354 g/mol. The van der Waals surface area contributed by atoms with Crippen molar-refractivity contribution in [3.8, 4) is 5.75 Å². The van der Waals surface area contributed by atoms with Crippen LogP contribution in [-0.2, 0) is 11.3 Å². The Labute approximate surface area is 137 Å². The minimum absolute atomic E-state index is 0.0523. The molecule has 1 rings (SSSR count). The predicted molar refractivity (Wildman–Crippen MR) is 82.4 cm³/mol. The van der Waals surface area contributed by atoms with Gasteiger partial charge in [-0.25, -0.2) is 0 Å². The first-order valence-corrected chi connectivity index (χ1v) is 7.42. The molecule has 0 radical (unpaired) electrons. The summed E-state index contributed by atoms with van der Waals surface area (Å²) in [4.78, 5) is 11.9. The lowest BCUT2D eigenvalue weighted by Crippen LogP contribution is -2.41. The Morgan fingerprint density at radius 2 is 2.00 bits per heavy atom. The first-order valence-electron chi connectivity index (χ1n) is 6.66. The highest BCUT2D eigenvalue weighted by Gasteiger charge is 2.18. The second-order valence-corrected chi connectivity index (χ2v) is 6.05. The molecule has 124 valence electrons. The van der Waals surface area contributed by atoms with E-state index in [1.54, 1.807) is 0 Å². The number of nitrogens with two attached hydrogens (primary N) is 1. The number of hydrogen-bond acceptors (Lipinski definition) is 3. The van der Waals surface area contributed by atoms with Crippen LogP contribution in [0.3, 0.4) is 0 Å². The van der Waals surface area contributed by atoms with Crippen molar-refractivity contribution in [2.45, 2.75) is 39.5 Å². The Balaban J connectivity index is 2.82. The van der Waals surface area contributed by atoms with E-state index >= 15 is 0 Å². The molecule has 0 saturated carbocycles. The van der Waals surface area contributed by atoms with Gasteiger partial charge in [0.05, 0.1) is 11.1 Å². The normalized spacial score (nSPS) is 12.6. The van der Waals surface area contributed by atoms with Crippen molar-refractivity contribution >= 4 is 29.1 Å². The molecule has 1 aromatic rings. The van der Waals surface area contributed by atoms with Gasteiger partial charge in [-0.3, -0.25) is 4.79 Å². The summed E-state index contributed by atoms with van der Waals surface area (Å²) in [6.07, 6.45) is 0.516. The van der Waals surface area contributed by atoms with Crippen LogP contribution in [0.5, 0.6) is 5.75 Å². The maximum atomic E-state index is 12.4. The zero-order valence-electron chi connectivity index (χ0n) is 12.2. The molecule has 0 saturated heterocycles. The third kappa shape index (κ3) is 5.94. The number of hydrogen-bond donors (Lipinski definition) is 2. The van der Waals surface area contributed by atoms with E-state index in [1.807, 2.05) is 13.8 Å². The number of rotatable bonds is 7. The molecule has 0 fully saturated rings. The van der Waals surface area contributed by atoms with Gasteiger partial charge in [0.2, 0.25) is 5.91 Å². The van der Waals surface area contributed by atoms with Crippen LogP contribution in [0.1, 0.15) is 25.8 Å². The third-order valence-corrected chi connectivity index (χ3v) is 3.31. The van der Waals surface area contributed by atoms with Crippen molar-refractivity contribution < 1.29 is 18.3 Å². The summed E-state index contributed by atoms with van der Waals surface area (Å²) >= 11 is 11.7. The van der Waals surface area contributed by atoms with E-state index in [2.05, 4.69) is 10.1 Å². The fourth-order valence-corrected chi connectivity index (χ4v) is 2.47. The molecule has 1 aromatic carbocycles. The molecule has 1 amide bonds. The number of amides is 1. The summed E-state index contributed by atoms with van der Waals surface area (Å²) in [5.74, 6) is -0.328. The minimum atomic E-state index is -3.03. The summed E-state index contributed by atoms with van der Waals surface area (Å²) < 4.78 is 29.2. The number of carbonyl (C=O) groups excluding carboxylic acids is 1. The predicted octanol–water partition coefficient (Wildman–Crippen LogP) is 3.58. The molecule has 0 unspecified atom stereocenters. The molecule has 8 heteroatoms. The molecule has 0 aliphatic heterocycles. The van der Waals surface area contributed by atoms with Gasteiger partial charge in [0.15, 0.2) is 0 Å². The number of ether oxygens (including phenoxy) is 1. The smallest absolute Gasteiger partial charge is 0.387 e. The van der Waals surface area contributed by atoms with Crippen molar-refractivity contribution in [3.05, 3.63) is 27.7 Å². The van der Waals surface area contributed by atoms with Gasteiger partial charge in [0.25, 0.3) is 0 Å². The third-order valence-electron chi connectivity index (χ3n) is 2.81. The van der Waals surface area contributed by atoms with Gasteiger partial charge < -0.3 is 15.8 Å². The SMILES string of the molecule is CC(C)C[C@H](N)C(=O)NCc1cc(Cl)cc(Cl)c1OC(F)F. The average Bonchev–Trinajstić information content (AvgIpc) is 2.38. The van der Waals surface area contributed by atoms with Crippen molar-refractivity contribution in [1.82, 2.24) is 5.32 Å². The lowest BCUT2D eigenvalue weighted by atomic mass is 10.0. The Morgan fingerprint density at radius 1 is 1.36 bits per heavy atom. The fourth-order valence-electron chi connectivity index (χ4n) is 1.89. The summed E-state index contributed by atoms with van der Waals surface area (Å²) in [6.45, 7) is 0.792. The van der Waals surface area contributed by atoms with Crippen LogP contribution in [0.2, 0.25) is 10.0 Å². The van der Waals surface area contributed by atoms with E-state index in [0.717, 1.165) is 0 Å². The van der Waals surface area contributed by atoms with Gasteiger partial charge in [-0.1, -0.05) is 37.0 Å². The molecule has 4 nitrogen and oxygen atoms in total. The van der Waals surface area contributed by atoms with Crippen molar-refractivity contribution in [2.24, 2.45) is 11.7 Å². The number of halogens is 4. The molecule has 0 aliphatic carbocycles. The van der Waals surface area contributed by atoms with Crippen LogP contribution < -0.4 is 15.8 Å². The van der Waals surface area contributed by atoms with E-state index in [0.29, 0.717) is 6.42 Å². The maximum absolute atomic E-state index is 12.4. The largest absolute Gasteiger partial charge is 0.433 e. The van der Waals surface area contributed by atoms with Gasteiger partial charge in [0, 0.05) is 17.1 Å². The molecule has 0 spiro atoms. The van der Waals surface area contributed by atoms with E-state index in [4.69, 9.17) is 28.9 Å². The zero-order chi connectivity index (χ0) is 16.9. The van der Waals surface area contributed by atoms with Gasteiger partial charge >= 0.3 is 6.61 Å². The van der Waals surface area contributed by atoms with E-state index in [1.165, 1.54) is 12.1 Å². The van der Waals surface area contributed by atoms with Crippen LogP contribution in [0.15, 0.2) is 12.1 Å². The number of carbonyl (C=O) groups is 1. The number of nitrogens with one attached hydrogen (secondary N) is 1. The van der Waals surface area contributed by atoms with E-state index < -0.39 is 12.7 Å². The molecule has 0 bridgehead atoms. The topological polar surface area (TPSA) is 64.4 Å². The van der Waals surface area contributed by atoms with Gasteiger partial charge in [-0.15, -0.1) is 0 Å². The summed E-state index contributed by atoms with van der Waals surface area (Å²) in [7, 11) is 0. The summed E-state index contributed by atoms with van der Waals surface area (Å²) in [5, 5.41) is 2.77. The quantitative estimate of drug-likeness (QED) is 0.786. The Morgan fingerprint density at radius 3 is 2.55 bits per heavy atom. The Hall–Kier alpha value is -1.11. The van der Waals surface area contributed by atoms with E-state index in [9.17, 15) is 13.6 Å². The molecule has 22 heavy (non-hydrogen) atoms. The molecule has 3 N–H and O–H groups in total. The van der Waals surface area contributed by atoms with Gasteiger partial charge in [0.1, 0.15) is 5.75 Å².